The van der Waals surface area contributed by atoms with Crippen LogP contribution in [-0.2, 0) is 17.9 Å². The summed E-state index contributed by atoms with van der Waals surface area (Å²) in [6.45, 7) is 3.08. The van der Waals surface area contributed by atoms with Crippen LogP contribution in [0.4, 0.5) is 0 Å². The maximum Gasteiger partial charge on any atom is 0.144 e. The Kier molecular flexibility index (Phi) is 7.17. The summed E-state index contributed by atoms with van der Waals surface area (Å²) in [5, 5.41) is 13.5. The highest BCUT2D eigenvalue weighted by Crippen LogP contribution is 2.23. The second-order valence-electron chi connectivity index (χ2n) is 7.68. The quantitative estimate of drug-likeness (QED) is 0.660. The first kappa shape index (κ1) is 20.8. The molecular formula is C24H30N4O. The Balaban J connectivity index is 1.75. The van der Waals surface area contributed by atoms with E-state index in [2.05, 4.69) is 24.3 Å². The maximum atomic E-state index is 12.5. The van der Waals surface area contributed by atoms with Crippen molar-refractivity contribution in [1.82, 2.24) is 10.0 Å². The minimum absolute atomic E-state index is 0.114. The fourth-order valence-electron chi connectivity index (χ4n) is 3.82. The first-order valence-corrected chi connectivity index (χ1v) is 10.2. The van der Waals surface area contributed by atoms with E-state index in [9.17, 15) is 4.79 Å². The Morgan fingerprint density at radius 3 is 1.62 bits per heavy atom. The van der Waals surface area contributed by atoms with Crippen molar-refractivity contribution >= 4 is 17.2 Å². The predicted octanol–water partition coefficient (Wildman–Crippen LogP) is 4.35. The molecule has 0 N–H and O–H groups in total. The van der Waals surface area contributed by atoms with Crippen LogP contribution in [0.25, 0.3) is 0 Å². The van der Waals surface area contributed by atoms with Gasteiger partial charge in [0.1, 0.15) is 5.78 Å². The third-order valence-electron chi connectivity index (χ3n) is 5.05. The molecule has 1 fully saturated rings. The molecule has 0 aromatic heterocycles. The summed E-state index contributed by atoms with van der Waals surface area (Å²) >= 11 is 0. The van der Waals surface area contributed by atoms with Gasteiger partial charge in [0.15, 0.2) is 0 Å². The van der Waals surface area contributed by atoms with E-state index >= 15 is 0 Å². The summed E-state index contributed by atoms with van der Waals surface area (Å²) in [5.41, 5.74) is 4.25. The van der Waals surface area contributed by atoms with Gasteiger partial charge in [-0.25, -0.2) is 0 Å². The molecule has 0 amide bonds. The number of hydrogen-bond acceptors (Lipinski definition) is 5. The standard InChI is InChI=1S/C24H30N4O/c1-19(29)24-22(25-27(2)17-20-11-6-4-7-12-20)15-10-16-23(24)26-28(3)18-21-13-8-5-9-14-21/h4-9,11-14,24H,10,15-18H2,1-3H3. The normalized spacial score (nSPS) is 19.3. The Hall–Kier alpha value is -2.95. The van der Waals surface area contributed by atoms with E-state index in [4.69, 9.17) is 10.2 Å². The number of benzene rings is 2. The maximum absolute atomic E-state index is 12.5. The first-order valence-electron chi connectivity index (χ1n) is 10.2. The van der Waals surface area contributed by atoms with Gasteiger partial charge in [0.25, 0.3) is 0 Å². The molecule has 0 heterocycles. The number of Topliss-reactive ketones (excluding diaryl/α,β-unsaturated/α-hetero) is 1. The molecule has 5 heteroatoms. The van der Waals surface area contributed by atoms with Crippen LogP contribution in [0.1, 0.15) is 37.3 Å². The molecule has 0 spiro atoms. The van der Waals surface area contributed by atoms with Crippen LogP contribution >= 0.6 is 0 Å². The van der Waals surface area contributed by atoms with E-state index < -0.39 is 0 Å². The fourth-order valence-corrected chi connectivity index (χ4v) is 3.82. The van der Waals surface area contributed by atoms with Gasteiger partial charge in [-0.05, 0) is 37.3 Å². The third-order valence-corrected chi connectivity index (χ3v) is 5.05. The number of hydrogen-bond donors (Lipinski definition) is 0. The Morgan fingerprint density at radius 1 is 0.828 bits per heavy atom. The molecule has 0 bridgehead atoms. The Morgan fingerprint density at radius 2 is 1.24 bits per heavy atom. The van der Waals surface area contributed by atoms with Gasteiger partial charge >= 0.3 is 0 Å². The number of nitrogens with zero attached hydrogens (tertiary/aromatic N) is 4. The number of carbonyl (C=O) groups excluding carboxylic acids is 1. The van der Waals surface area contributed by atoms with Gasteiger partial charge < -0.3 is 0 Å². The molecule has 1 aliphatic carbocycles. The van der Waals surface area contributed by atoms with Gasteiger partial charge in [-0.3, -0.25) is 14.8 Å². The van der Waals surface area contributed by atoms with Crippen molar-refractivity contribution in [2.45, 2.75) is 39.3 Å². The minimum atomic E-state index is -0.319. The zero-order chi connectivity index (χ0) is 20.6. The predicted molar refractivity (Wildman–Crippen MR) is 119 cm³/mol. The van der Waals surface area contributed by atoms with Gasteiger partial charge in [0.2, 0.25) is 0 Å². The van der Waals surface area contributed by atoms with Crippen molar-refractivity contribution in [2.75, 3.05) is 14.1 Å². The zero-order valence-corrected chi connectivity index (χ0v) is 17.6. The lowest BCUT2D eigenvalue weighted by Gasteiger charge is -2.27. The van der Waals surface area contributed by atoms with E-state index in [1.54, 1.807) is 6.92 Å². The molecule has 2 aromatic rings. The third kappa shape index (κ3) is 6.01. The van der Waals surface area contributed by atoms with E-state index in [0.29, 0.717) is 0 Å². The van der Waals surface area contributed by atoms with Crippen molar-refractivity contribution in [3.05, 3.63) is 71.8 Å². The van der Waals surface area contributed by atoms with Gasteiger partial charge in [-0.15, -0.1) is 0 Å². The molecule has 5 nitrogen and oxygen atoms in total. The van der Waals surface area contributed by atoms with Crippen molar-refractivity contribution < 1.29 is 4.79 Å². The van der Waals surface area contributed by atoms with Crippen LogP contribution in [0.15, 0.2) is 70.9 Å². The van der Waals surface area contributed by atoms with Crippen molar-refractivity contribution in [3.63, 3.8) is 0 Å². The molecule has 0 atom stereocenters. The number of ketones is 1. The summed E-state index contributed by atoms with van der Waals surface area (Å²) in [5.74, 6) is -0.205. The number of hydrazone groups is 2. The highest BCUT2D eigenvalue weighted by atomic mass is 16.1. The molecule has 29 heavy (non-hydrogen) atoms. The summed E-state index contributed by atoms with van der Waals surface area (Å²) in [4.78, 5) is 12.5. The van der Waals surface area contributed by atoms with Crippen LogP contribution in [0.3, 0.4) is 0 Å². The van der Waals surface area contributed by atoms with Crippen LogP contribution < -0.4 is 0 Å². The van der Waals surface area contributed by atoms with Crippen LogP contribution in [0.2, 0.25) is 0 Å². The molecule has 0 saturated heterocycles. The van der Waals surface area contributed by atoms with Crippen molar-refractivity contribution in [1.29, 1.82) is 0 Å². The molecule has 3 rings (SSSR count). The SMILES string of the molecule is CC(=O)C1C(=NN(C)Cc2ccccc2)CCCC1=NN(C)Cc1ccccc1. The summed E-state index contributed by atoms with van der Waals surface area (Å²) in [7, 11) is 3.92. The molecule has 1 aliphatic rings. The minimum Gasteiger partial charge on any atom is -0.299 e. The van der Waals surface area contributed by atoms with Gasteiger partial charge in [-0.1, -0.05) is 60.7 Å². The van der Waals surface area contributed by atoms with Crippen LogP contribution in [0, 0.1) is 5.92 Å². The van der Waals surface area contributed by atoms with Gasteiger partial charge in [-0.2, -0.15) is 10.2 Å². The monoisotopic (exact) mass is 390 g/mol. The topological polar surface area (TPSA) is 48.3 Å². The lowest BCUT2D eigenvalue weighted by atomic mass is 9.83. The average molecular weight is 391 g/mol. The number of rotatable bonds is 7. The largest absolute Gasteiger partial charge is 0.299 e. The highest BCUT2D eigenvalue weighted by molar-refractivity contribution is 6.23. The lowest BCUT2D eigenvalue weighted by molar-refractivity contribution is -0.117. The van der Waals surface area contributed by atoms with Crippen molar-refractivity contribution in [2.24, 2.45) is 16.1 Å². The lowest BCUT2D eigenvalue weighted by Crippen LogP contribution is -2.37. The molecule has 1 saturated carbocycles. The zero-order valence-electron chi connectivity index (χ0n) is 17.6. The summed E-state index contributed by atoms with van der Waals surface area (Å²) < 4.78 is 0. The van der Waals surface area contributed by atoms with E-state index in [1.165, 1.54) is 11.1 Å². The van der Waals surface area contributed by atoms with Gasteiger partial charge in [0.05, 0.1) is 30.4 Å². The molecule has 152 valence electrons. The van der Waals surface area contributed by atoms with Crippen LogP contribution in [-0.4, -0.2) is 41.3 Å². The highest BCUT2D eigenvalue weighted by Gasteiger charge is 2.31. The molecule has 0 unspecified atom stereocenters. The fraction of sp³-hybridized carbons (Fsp3) is 0.375. The van der Waals surface area contributed by atoms with E-state index in [1.807, 2.05) is 60.5 Å². The second-order valence-corrected chi connectivity index (χ2v) is 7.68. The van der Waals surface area contributed by atoms with E-state index in [0.717, 1.165) is 43.8 Å². The van der Waals surface area contributed by atoms with Crippen LogP contribution in [0.5, 0.6) is 0 Å². The second kappa shape index (κ2) is 10.0. The Labute approximate surface area is 173 Å². The molecule has 0 aliphatic heterocycles. The first-order chi connectivity index (χ1) is 14.0. The summed E-state index contributed by atoms with van der Waals surface area (Å²) in [6, 6.07) is 20.5. The smallest absolute Gasteiger partial charge is 0.144 e. The molecule has 0 radical (unpaired) electrons. The Bertz CT molecular complexity index is 795. The molecule has 2 aromatic carbocycles. The average Bonchev–Trinajstić information content (AvgIpc) is 2.69. The van der Waals surface area contributed by atoms with Crippen molar-refractivity contribution in [3.8, 4) is 0 Å². The number of carbonyl (C=O) groups is 1. The van der Waals surface area contributed by atoms with E-state index in [-0.39, 0.29) is 11.7 Å². The van der Waals surface area contributed by atoms with Gasteiger partial charge in [0, 0.05) is 14.1 Å². The molecular weight excluding hydrogens is 360 g/mol. The summed E-state index contributed by atoms with van der Waals surface area (Å²) in [6.07, 6.45) is 2.65.